The molecule has 1 aromatic heterocycles. The van der Waals surface area contributed by atoms with E-state index in [2.05, 4.69) is 11.9 Å². The van der Waals surface area contributed by atoms with Crippen LogP contribution in [0.3, 0.4) is 0 Å². The second kappa shape index (κ2) is 9.39. The topological polar surface area (TPSA) is 79.4 Å². The fourth-order valence-electron chi connectivity index (χ4n) is 2.06. The maximum atomic E-state index is 11.8. The normalized spacial score (nSPS) is 10.8. The van der Waals surface area contributed by atoms with Gasteiger partial charge in [0.1, 0.15) is 11.6 Å². The number of hydrogen-bond acceptors (Lipinski definition) is 5. The van der Waals surface area contributed by atoms with Crippen LogP contribution in [0.4, 0.5) is 5.82 Å². The van der Waals surface area contributed by atoms with Gasteiger partial charge in [0.25, 0.3) is 0 Å². The first-order valence-electron chi connectivity index (χ1n) is 7.75. The molecule has 120 valence electrons. The van der Waals surface area contributed by atoms with Crippen molar-refractivity contribution in [2.45, 2.75) is 53.0 Å². The second-order valence-corrected chi connectivity index (χ2v) is 4.81. The molecular formula is C15H27N3O3. The summed E-state index contributed by atoms with van der Waals surface area (Å²) in [7, 11) is 0. The van der Waals surface area contributed by atoms with E-state index in [9.17, 15) is 4.79 Å². The molecule has 21 heavy (non-hydrogen) atoms. The van der Waals surface area contributed by atoms with E-state index in [0.717, 1.165) is 38.1 Å². The van der Waals surface area contributed by atoms with Gasteiger partial charge in [-0.3, -0.25) is 0 Å². The maximum absolute atomic E-state index is 11.8. The number of imidazole rings is 1. The first-order valence-corrected chi connectivity index (χ1v) is 7.75. The monoisotopic (exact) mass is 297 g/mol. The molecule has 0 unspecified atom stereocenters. The van der Waals surface area contributed by atoms with Gasteiger partial charge in [-0.05, 0) is 19.8 Å². The van der Waals surface area contributed by atoms with E-state index >= 15 is 0 Å². The van der Waals surface area contributed by atoms with Gasteiger partial charge in [0.05, 0.1) is 6.61 Å². The SMILES string of the molecule is CCCCOCCCn1c(CC)nc(C(=O)OCC)c1N. The molecule has 0 aliphatic heterocycles. The molecular weight excluding hydrogens is 270 g/mol. The van der Waals surface area contributed by atoms with Crippen molar-refractivity contribution in [1.29, 1.82) is 0 Å². The molecule has 1 aromatic rings. The summed E-state index contributed by atoms with van der Waals surface area (Å²) < 4.78 is 12.4. The number of aryl methyl sites for hydroxylation is 1. The van der Waals surface area contributed by atoms with Crippen LogP contribution < -0.4 is 5.73 Å². The second-order valence-electron chi connectivity index (χ2n) is 4.81. The predicted molar refractivity (Wildman–Crippen MR) is 82.3 cm³/mol. The van der Waals surface area contributed by atoms with E-state index in [1.54, 1.807) is 6.92 Å². The molecule has 0 saturated carbocycles. The number of carbonyl (C=O) groups is 1. The molecule has 0 aliphatic carbocycles. The van der Waals surface area contributed by atoms with Gasteiger partial charge in [0.15, 0.2) is 5.69 Å². The number of esters is 1. The third-order valence-corrected chi connectivity index (χ3v) is 3.18. The maximum Gasteiger partial charge on any atom is 0.360 e. The molecule has 0 amide bonds. The van der Waals surface area contributed by atoms with Crippen molar-refractivity contribution in [2.24, 2.45) is 0 Å². The van der Waals surface area contributed by atoms with Crippen molar-refractivity contribution in [2.75, 3.05) is 25.6 Å². The van der Waals surface area contributed by atoms with Crippen LogP contribution in [0.5, 0.6) is 0 Å². The van der Waals surface area contributed by atoms with Crippen LogP contribution >= 0.6 is 0 Å². The molecule has 0 radical (unpaired) electrons. The molecule has 0 spiro atoms. The zero-order valence-electron chi connectivity index (χ0n) is 13.4. The highest BCUT2D eigenvalue weighted by molar-refractivity contribution is 5.92. The summed E-state index contributed by atoms with van der Waals surface area (Å²) in [5, 5.41) is 0. The highest BCUT2D eigenvalue weighted by atomic mass is 16.5. The van der Waals surface area contributed by atoms with Crippen LogP contribution in [0, 0.1) is 0 Å². The Balaban J connectivity index is 2.62. The summed E-state index contributed by atoms with van der Waals surface area (Å²) in [6.45, 7) is 8.40. The van der Waals surface area contributed by atoms with Gasteiger partial charge in [-0.1, -0.05) is 20.3 Å². The van der Waals surface area contributed by atoms with E-state index < -0.39 is 5.97 Å². The van der Waals surface area contributed by atoms with Crippen LogP contribution in [0.15, 0.2) is 0 Å². The molecule has 6 heteroatoms. The smallest absolute Gasteiger partial charge is 0.360 e. The van der Waals surface area contributed by atoms with Gasteiger partial charge < -0.3 is 19.8 Å². The Bertz CT molecular complexity index is 444. The number of carbonyl (C=O) groups excluding carboxylic acids is 1. The van der Waals surface area contributed by atoms with Crippen LogP contribution in [-0.2, 0) is 22.4 Å². The third-order valence-electron chi connectivity index (χ3n) is 3.18. The number of anilines is 1. The number of nitrogen functional groups attached to an aromatic ring is 1. The summed E-state index contributed by atoms with van der Waals surface area (Å²) in [5.74, 6) is 0.741. The number of hydrogen-bond donors (Lipinski definition) is 1. The van der Waals surface area contributed by atoms with Gasteiger partial charge >= 0.3 is 5.97 Å². The molecule has 0 atom stereocenters. The molecule has 0 aromatic carbocycles. The fraction of sp³-hybridized carbons (Fsp3) is 0.733. The van der Waals surface area contributed by atoms with Crippen molar-refractivity contribution >= 4 is 11.8 Å². The summed E-state index contributed by atoms with van der Waals surface area (Å²) in [6, 6.07) is 0. The van der Waals surface area contributed by atoms with E-state index in [1.807, 2.05) is 11.5 Å². The Labute approximate surface area is 126 Å². The average molecular weight is 297 g/mol. The molecule has 1 heterocycles. The number of aromatic nitrogens is 2. The minimum absolute atomic E-state index is 0.223. The number of rotatable bonds is 10. The van der Waals surface area contributed by atoms with E-state index in [4.69, 9.17) is 15.2 Å². The minimum atomic E-state index is -0.456. The van der Waals surface area contributed by atoms with E-state index in [-0.39, 0.29) is 5.69 Å². The summed E-state index contributed by atoms with van der Waals surface area (Å²) >= 11 is 0. The van der Waals surface area contributed by atoms with Gasteiger partial charge in [-0.25, -0.2) is 9.78 Å². The van der Waals surface area contributed by atoms with Crippen molar-refractivity contribution in [1.82, 2.24) is 9.55 Å². The number of nitrogens with zero attached hydrogens (tertiary/aromatic N) is 2. The highest BCUT2D eigenvalue weighted by Gasteiger charge is 2.20. The lowest BCUT2D eigenvalue weighted by Crippen LogP contribution is -2.11. The lowest BCUT2D eigenvalue weighted by Gasteiger charge is -2.09. The molecule has 0 bridgehead atoms. The lowest BCUT2D eigenvalue weighted by molar-refractivity contribution is 0.0521. The quantitative estimate of drug-likeness (QED) is 0.530. The molecule has 0 saturated heterocycles. The number of ether oxygens (including phenoxy) is 2. The Morgan fingerprint density at radius 2 is 1.95 bits per heavy atom. The molecule has 6 nitrogen and oxygen atoms in total. The molecule has 0 fully saturated rings. The minimum Gasteiger partial charge on any atom is -0.461 e. The van der Waals surface area contributed by atoms with Crippen LogP contribution in [0.1, 0.15) is 56.3 Å². The zero-order chi connectivity index (χ0) is 15.7. The zero-order valence-corrected chi connectivity index (χ0v) is 13.4. The predicted octanol–water partition coefficient (Wildman–Crippen LogP) is 2.41. The Kier molecular flexibility index (Phi) is 7.82. The first-order chi connectivity index (χ1) is 10.2. The van der Waals surface area contributed by atoms with Crippen molar-refractivity contribution in [3.63, 3.8) is 0 Å². The summed E-state index contributed by atoms with van der Waals surface area (Å²) in [4.78, 5) is 16.1. The van der Waals surface area contributed by atoms with Gasteiger partial charge in [-0.2, -0.15) is 0 Å². The summed E-state index contributed by atoms with van der Waals surface area (Å²) in [5.41, 5.74) is 6.25. The Morgan fingerprint density at radius 1 is 1.24 bits per heavy atom. The van der Waals surface area contributed by atoms with Gasteiger partial charge in [0, 0.05) is 26.2 Å². The van der Waals surface area contributed by atoms with Crippen LogP contribution in [0.2, 0.25) is 0 Å². The lowest BCUT2D eigenvalue weighted by atomic mass is 10.3. The largest absolute Gasteiger partial charge is 0.461 e. The summed E-state index contributed by atoms with van der Waals surface area (Å²) in [6.07, 6.45) is 3.79. The van der Waals surface area contributed by atoms with Crippen molar-refractivity contribution in [3.8, 4) is 0 Å². The molecule has 0 aliphatic rings. The van der Waals surface area contributed by atoms with Gasteiger partial charge in [-0.15, -0.1) is 0 Å². The highest BCUT2D eigenvalue weighted by Crippen LogP contribution is 2.17. The number of unbranched alkanes of at least 4 members (excludes halogenated alkanes) is 1. The molecule has 1 rings (SSSR count). The van der Waals surface area contributed by atoms with Crippen LogP contribution in [0.25, 0.3) is 0 Å². The van der Waals surface area contributed by atoms with Crippen molar-refractivity contribution < 1.29 is 14.3 Å². The fourth-order valence-corrected chi connectivity index (χ4v) is 2.06. The van der Waals surface area contributed by atoms with E-state index in [0.29, 0.717) is 25.6 Å². The first kappa shape index (κ1) is 17.5. The Hall–Kier alpha value is -1.56. The molecule has 2 N–H and O–H groups in total. The number of nitrogens with two attached hydrogens (primary N) is 1. The average Bonchev–Trinajstić information content (AvgIpc) is 2.79. The van der Waals surface area contributed by atoms with E-state index in [1.165, 1.54) is 0 Å². The van der Waals surface area contributed by atoms with Crippen LogP contribution in [-0.4, -0.2) is 35.3 Å². The third kappa shape index (κ3) is 5.04. The standard InChI is InChI=1S/C15H27N3O3/c1-4-7-10-20-11-8-9-18-12(5-2)17-13(14(18)16)15(19)21-6-3/h4-11,16H2,1-3H3. The Morgan fingerprint density at radius 3 is 2.57 bits per heavy atom. The van der Waals surface area contributed by atoms with Gasteiger partial charge in [0.2, 0.25) is 0 Å². The van der Waals surface area contributed by atoms with Crippen molar-refractivity contribution in [3.05, 3.63) is 11.5 Å².